The van der Waals surface area contributed by atoms with Crippen molar-refractivity contribution in [2.24, 2.45) is 17.6 Å². The maximum atomic E-state index is 11.5. The van der Waals surface area contributed by atoms with Crippen molar-refractivity contribution in [3.8, 4) is 0 Å². The van der Waals surface area contributed by atoms with E-state index in [1.165, 1.54) is 6.42 Å². The molecule has 0 radical (unpaired) electrons. The van der Waals surface area contributed by atoms with E-state index in [-0.39, 0.29) is 5.91 Å². The Morgan fingerprint density at radius 3 is 2.71 bits per heavy atom. The van der Waals surface area contributed by atoms with Gasteiger partial charge in [0.2, 0.25) is 5.91 Å². The van der Waals surface area contributed by atoms with Crippen LogP contribution in [-0.2, 0) is 4.79 Å². The quantitative estimate of drug-likeness (QED) is 0.675. The van der Waals surface area contributed by atoms with Gasteiger partial charge in [-0.3, -0.25) is 4.79 Å². The minimum atomic E-state index is 0.256. The fourth-order valence-electron chi connectivity index (χ4n) is 1.75. The number of carbonyl (C=O) groups is 1. The summed E-state index contributed by atoms with van der Waals surface area (Å²) >= 11 is 0. The highest BCUT2D eigenvalue weighted by Gasteiger charge is 2.25. The molecule has 3 N–H and O–H groups in total. The number of rotatable bonds is 6. The van der Waals surface area contributed by atoms with E-state index in [0.717, 1.165) is 38.8 Å². The van der Waals surface area contributed by atoms with E-state index in [0.29, 0.717) is 11.8 Å². The molecule has 1 saturated carbocycles. The van der Waals surface area contributed by atoms with Crippen molar-refractivity contribution >= 4 is 5.91 Å². The molecule has 3 heteroatoms. The third-order valence-corrected chi connectivity index (χ3v) is 3.19. The highest BCUT2D eigenvalue weighted by Crippen LogP contribution is 2.26. The Balaban J connectivity index is 2.13. The van der Waals surface area contributed by atoms with Crippen LogP contribution in [0.4, 0.5) is 0 Å². The molecule has 0 aliphatic heterocycles. The molecular weight excluding hydrogens is 176 g/mol. The summed E-state index contributed by atoms with van der Waals surface area (Å²) in [7, 11) is 0. The second kappa shape index (κ2) is 6.02. The molecule has 14 heavy (non-hydrogen) atoms. The van der Waals surface area contributed by atoms with Crippen molar-refractivity contribution in [3.05, 3.63) is 0 Å². The van der Waals surface area contributed by atoms with E-state index in [2.05, 4.69) is 12.2 Å². The molecule has 1 aliphatic rings. The molecule has 0 heterocycles. The molecule has 0 bridgehead atoms. The predicted octanol–water partition coefficient (Wildman–Crippen LogP) is 1.28. The van der Waals surface area contributed by atoms with Crippen LogP contribution in [0.1, 0.15) is 39.0 Å². The SMILES string of the molecule is CCC(CCN)CNC(=O)C1CCC1. The lowest BCUT2D eigenvalue weighted by molar-refractivity contribution is -0.127. The second-order valence-electron chi connectivity index (χ2n) is 4.22. The maximum absolute atomic E-state index is 11.5. The van der Waals surface area contributed by atoms with Gasteiger partial charge in [-0.15, -0.1) is 0 Å². The van der Waals surface area contributed by atoms with Crippen LogP contribution >= 0.6 is 0 Å². The van der Waals surface area contributed by atoms with Gasteiger partial charge in [-0.25, -0.2) is 0 Å². The largest absolute Gasteiger partial charge is 0.356 e. The lowest BCUT2D eigenvalue weighted by atomic mass is 9.84. The molecule has 0 saturated heterocycles. The van der Waals surface area contributed by atoms with Crippen LogP contribution in [0.3, 0.4) is 0 Å². The zero-order chi connectivity index (χ0) is 10.4. The van der Waals surface area contributed by atoms with Gasteiger partial charge in [-0.05, 0) is 31.7 Å². The first kappa shape index (κ1) is 11.5. The van der Waals surface area contributed by atoms with E-state index in [1.807, 2.05) is 0 Å². The number of nitrogens with two attached hydrogens (primary N) is 1. The van der Waals surface area contributed by atoms with Crippen molar-refractivity contribution in [1.29, 1.82) is 0 Å². The Kier molecular flexibility index (Phi) is 4.94. The van der Waals surface area contributed by atoms with Gasteiger partial charge in [0.1, 0.15) is 0 Å². The van der Waals surface area contributed by atoms with Gasteiger partial charge in [-0.1, -0.05) is 19.8 Å². The van der Waals surface area contributed by atoms with E-state index in [4.69, 9.17) is 5.73 Å². The molecule has 0 aromatic heterocycles. The summed E-state index contributed by atoms with van der Waals surface area (Å²) in [5, 5.41) is 3.03. The summed E-state index contributed by atoms with van der Waals surface area (Å²) in [5.74, 6) is 1.13. The summed E-state index contributed by atoms with van der Waals surface area (Å²) in [4.78, 5) is 11.5. The molecule has 0 spiro atoms. The van der Waals surface area contributed by atoms with Crippen molar-refractivity contribution in [3.63, 3.8) is 0 Å². The third-order valence-electron chi connectivity index (χ3n) is 3.19. The summed E-state index contributed by atoms with van der Waals surface area (Å²) in [6.45, 7) is 3.68. The molecule has 1 rings (SSSR count). The van der Waals surface area contributed by atoms with Gasteiger partial charge in [-0.2, -0.15) is 0 Å². The standard InChI is InChI=1S/C11H22N2O/c1-2-9(6-7-12)8-13-11(14)10-4-3-5-10/h9-10H,2-8,12H2,1H3,(H,13,14). The van der Waals surface area contributed by atoms with E-state index < -0.39 is 0 Å². The van der Waals surface area contributed by atoms with Crippen LogP contribution in [0.25, 0.3) is 0 Å². The van der Waals surface area contributed by atoms with Crippen molar-refractivity contribution in [1.82, 2.24) is 5.32 Å². The zero-order valence-corrected chi connectivity index (χ0v) is 9.09. The van der Waals surface area contributed by atoms with Crippen LogP contribution in [0.2, 0.25) is 0 Å². The Morgan fingerprint density at radius 1 is 1.57 bits per heavy atom. The van der Waals surface area contributed by atoms with Gasteiger partial charge >= 0.3 is 0 Å². The Hall–Kier alpha value is -0.570. The van der Waals surface area contributed by atoms with Gasteiger partial charge in [0.25, 0.3) is 0 Å². The average Bonchev–Trinajstić information content (AvgIpc) is 2.09. The van der Waals surface area contributed by atoms with Crippen LogP contribution in [0.15, 0.2) is 0 Å². The molecule has 1 fully saturated rings. The molecule has 1 atom stereocenters. The Labute approximate surface area is 86.4 Å². The monoisotopic (exact) mass is 198 g/mol. The van der Waals surface area contributed by atoms with Crippen LogP contribution < -0.4 is 11.1 Å². The van der Waals surface area contributed by atoms with Gasteiger partial charge in [0.15, 0.2) is 0 Å². The normalized spacial score (nSPS) is 18.7. The van der Waals surface area contributed by atoms with Crippen LogP contribution in [-0.4, -0.2) is 19.0 Å². The summed E-state index contributed by atoms with van der Waals surface area (Å²) in [5.41, 5.74) is 5.50. The smallest absolute Gasteiger partial charge is 0.223 e. The number of hydrogen-bond donors (Lipinski definition) is 2. The van der Waals surface area contributed by atoms with Crippen LogP contribution in [0.5, 0.6) is 0 Å². The van der Waals surface area contributed by atoms with E-state index >= 15 is 0 Å². The van der Waals surface area contributed by atoms with Crippen LogP contribution in [0, 0.1) is 11.8 Å². The van der Waals surface area contributed by atoms with Gasteiger partial charge in [0.05, 0.1) is 0 Å². The maximum Gasteiger partial charge on any atom is 0.223 e. The van der Waals surface area contributed by atoms with Crippen molar-refractivity contribution in [2.45, 2.75) is 39.0 Å². The topological polar surface area (TPSA) is 55.1 Å². The summed E-state index contributed by atoms with van der Waals surface area (Å²) in [6, 6.07) is 0. The molecule has 1 amide bonds. The predicted molar refractivity (Wildman–Crippen MR) is 57.8 cm³/mol. The highest BCUT2D eigenvalue weighted by molar-refractivity contribution is 5.79. The molecule has 3 nitrogen and oxygen atoms in total. The molecule has 82 valence electrons. The molecule has 0 aromatic rings. The van der Waals surface area contributed by atoms with Crippen molar-refractivity contribution < 1.29 is 4.79 Å². The zero-order valence-electron chi connectivity index (χ0n) is 9.09. The minimum Gasteiger partial charge on any atom is -0.356 e. The Bertz CT molecular complexity index is 178. The lowest BCUT2D eigenvalue weighted by Gasteiger charge is -2.25. The number of carbonyl (C=O) groups excluding carboxylic acids is 1. The first-order valence-electron chi connectivity index (χ1n) is 5.75. The molecule has 1 aliphatic carbocycles. The van der Waals surface area contributed by atoms with E-state index in [9.17, 15) is 4.79 Å². The molecular formula is C11H22N2O. The van der Waals surface area contributed by atoms with Gasteiger partial charge in [0, 0.05) is 12.5 Å². The second-order valence-corrected chi connectivity index (χ2v) is 4.22. The lowest BCUT2D eigenvalue weighted by Crippen LogP contribution is -2.37. The molecule has 1 unspecified atom stereocenters. The average molecular weight is 198 g/mol. The van der Waals surface area contributed by atoms with Crippen molar-refractivity contribution in [2.75, 3.05) is 13.1 Å². The van der Waals surface area contributed by atoms with E-state index in [1.54, 1.807) is 0 Å². The highest BCUT2D eigenvalue weighted by atomic mass is 16.1. The first-order chi connectivity index (χ1) is 6.77. The summed E-state index contributed by atoms with van der Waals surface area (Å²) < 4.78 is 0. The number of amides is 1. The fourth-order valence-corrected chi connectivity index (χ4v) is 1.75. The minimum absolute atomic E-state index is 0.256. The molecule has 0 aromatic carbocycles. The number of nitrogens with one attached hydrogen (secondary N) is 1. The first-order valence-corrected chi connectivity index (χ1v) is 5.75. The fraction of sp³-hybridized carbons (Fsp3) is 0.909. The summed E-state index contributed by atoms with van der Waals surface area (Å²) in [6.07, 6.45) is 5.50. The third kappa shape index (κ3) is 3.29. The number of hydrogen-bond acceptors (Lipinski definition) is 2. The Morgan fingerprint density at radius 2 is 2.29 bits per heavy atom. The van der Waals surface area contributed by atoms with Gasteiger partial charge < -0.3 is 11.1 Å².